The van der Waals surface area contributed by atoms with E-state index >= 15 is 0 Å². The molecule has 1 rings (SSSR count). The van der Waals surface area contributed by atoms with Gasteiger partial charge < -0.3 is 10.6 Å². The fourth-order valence-corrected chi connectivity index (χ4v) is 2.65. The number of sulfonamides is 1. The van der Waals surface area contributed by atoms with Crippen LogP contribution in [0.25, 0.3) is 0 Å². The Morgan fingerprint density at radius 1 is 1.42 bits per heavy atom. The van der Waals surface area contributed by atoms with Gasteiger partial charge in [0.1, 0.15) is 10.7 Å². The zero-order valence-corrected chi connectivity index (χ0v) is 11.8. The van der Waals surface area contributed by atoms with Gasteiger partial charge in [0.25, 0.3) is 0 Å². The maximum Gasteiger partial charge on any atom is 0.244 e. The molecular weight excluding hydrogens is 268 g/mol. The average molecular weight is 286 g/mol. The summed E-state index contributed by atoms with van der Waals surface area (Å²) >= 11 is 0. The summed E-state index contributed by atoms with van der Waals surface area (Å²) in [4.78, 5) is 15.2. The highest BCUT2D eigenvalue weighted by molar-refractivity contribution is 7.89. The molecule has 19 heavy (non-hydrogen) atoms. The number of hydrogen-bond donors (Lipinski definition) is 3. The molecular formula is C11H18N4O3S. The van der Waals surface area contributed by atoms with Crippen molar-refractivity contribution in [1.29, 1.82) is 0 Å². The molecule has 0 radical (unpaired) electrons. The molecule has 8 heteroatoms. The van der Waals surface area contributed by atoms with E-state index in [0.717, 1.165) is 0 Å². The number of aromatic nitrogens is 1. The highest BCUT2D eigenvalue weighted by Crippen LogP contribution is 2.16. The van der Waals surface area contributed by atoms with E-state index in [0.29, 0.717) is 6.54 Å². The maximum atomic E-state index is 12.0. The van der Waals surface area contributed by atoms with Crippen LogP contribution < -0.4 is 15.4 Å². The molecule has 106 valence electrons. The molecule has 1 aromatic rings. The van der Waals surface area contributed by atoms with Gasteiger partial charge in [-0.1, -0.05) is 0 Å². The van der Waals surface area contributed by atoms with Gasteiger partial charge in [-0.2, -0.15) is 0 Å². The Hall–Kier alpha value is -1.67. The lowest BCUT2D eigenvalue weighted by molar-refractivity contribution is -0.120. The highest BCUT2D eigenvalue weighted by atomic mass is 32.2. The number of nitrogens with zero attached hydrogens (tertiary/aromatic N) is 1. The first-order chi connectivity index (χ1) is 9.01. The molecule has 0 aromatic carbocycles. The second-order valence-electron chi connectivity index (χ2n) is 3.70. The Kier molecular flexibility index (Phi) is 5.71. The molecule has 0 fully saturated rings. The lowest BCUT2D eigenvalue weighted by Gasteiger charge is -2.09. The molecule has 1 heterocycles. The van der Waals surface area contributed by atoms with Gasteiger partial charge >= 0.3 is 0 Å². The number of anilines is 1. The number of hydrogen-bond acceptors (Lipinski definition) is 5. The molecule has 1 amide bonds. The molecule has 0 saturated carbocycles. The van der Waals surface area contributed by atoms with Crippen molar-refractivity contribution in [2.75, 3.05) is 25.5 Å². The van der Waals surface area contributed by atoms with Crippen molar-refractivity contribution in [2.24, 2.45) is 0 Å². The van der Waals surface area contributed by atoms with Crippen molar-refractivity contribution in [3.63, 3.8) is 0 Å². The van der Waals surface area contributed by atoms with E-state index in [1.54, 1.807) is 20.0 Å². The first-order valence-corrected chi connectivity index (χ1v) is 7.38. The van der Waals surface area contributed by atoms with E-state index in [9.17, 15) is 13.2 Å². The van der Waals surface area contributed by atoms with E-state index in [1.165, 1.54) is 12.3 Å². The third-order valence-corrected chi connectivity index (χ3v) is 3.81. The Morgan fingerprint density at radius 2 is 2.16 bits per heavy atom. The van der Waals surface area contributed by atoms with Crippen LogP contribution in [0.1, 0.15) is 13.3 Å². The van der Waals surface area contributed by atoms with Crippen LogP contribution in [0.5, 0.6) is 0 Å². The minimum atomic E-state index is -3.67. The smallest absolute Gasteiger partial charge is 0.244 e. The monoisotopic (exact) mass is 286 g/mol. The molecule has 0 atom stereocenters. The van der Waals surface area contributed by atoms with E-state index in [2.05, 4.69) is 20.3 Å². The van der Waals surface area contributed by atoms with Gasteiger partial charge in [0, 0.05) is 32.8 Å². The molecule has 0 unspecified atom stereocenters. The first-order valence-electron chi connectivity index (χ1n) is 5.90. The van der Waals surface area contributed by atoms with Gasteiger partial charge in [-0.3, -0.25) is 4.79 Å². The summed E-state index contributed by atoms with van der Waals surface area (Å²) in [5.41, 5.74) is 0. The summed E-state index contributed by atoms with van der Waals surface area (Å²) in [6.45, 7) is 2.38. The number of amides is 1. The Balaban J connectivity index is 2.68. The lowest BCUT2D eigenvalue weighted by Crippen LogP contribution is -2.31. The summed E-state index contributed by atoms with van der Waals surface area (Å²) < 4.78 is 26.4. The van der Waals surface area contributed by atoms with E-state index < -0.39 is 10.0 Å². The largest absolute Gasteiger partial charge is 0.372 e. The SMILES string of the molecule is CCNC(=O)CCNS(=O)(=O)c1cccnc1NC. The standard InChI is InChI=1S/C11H18N4O3S/c1-3-13-10(16)6-8-15-19(17,18)9-5-4-7-14-11(9)12-2/h4-5,7,15H,3,6,8H2,1-2H3,(H,12,14)(H,13,16). The maximum absolute atomic E-state index is 12.0. The zero-order valence-electron chi connectivity index (χ0n) is 10.9. The van der Waals surface area contributed by atoms with Crippen LogP contribution >= 0.6 is 0 Å². The second-order valence-corrected chi connectivity index (χ2v) is 5.44. The third kappa shape index (κ3) is 4.49. The number of pyridine rings is 1. The van der Waals surface area contributed by atoms with Crippen LogP contribution in [-0.4, -0.2) is 39.4 Å². The van der Waals surface area contributed by atoms with Crippen LogP contribution in [0, 0.1) is 0 Å². The van der Waals surface area contributed by atoms with Gasteiger partial charge in [0.2, 0.25) is 15.9 Å². The fourth-order valence-electron chi connectivity index (χ4n) is 1.46. The quantitative estimate of drug-likeness (QED) is 0.651. The van der Waals surface area contributed by atoms with E-state index in [4.69, 9.17) is 0 Å². The molecule has 0 aliphatic carbocycles. The third-order valence-electron chi connectivity index (χ3n) is 2.32. The van der Waals surface area contributed by atoms with Gasteiger partial charge in [0.15, 0.2) is 0 Å². The van der Waals surface area contributed by atoms with Crippen molar-refractivity contribution < 1.29 is 13.2 Å². The molecule has 7 nitrogen and oxygen atoms in total. The van der Waals surface area contributed by atoms with Crippen LogP contribution in [-0.2, 0) is 14.8 Å². The fraction of sp³-hybridized carbons (Fsp3) is 0.455. The second kappa shape index (κ2) is 7.05. The van der Waals surface area contributed by atoms with E-state index in [1.807, 2.05) is 0 Å². The molecule has 1 aromatic heterocycles. The van der Waals surface area contributed by atoms with Crippen molar-refractivity contribution in [3.8, 4) is 0 Å². The Bertz CT molecular complexity index is 530. The van der Waals surface area contributed by atoms with Gasteiger partial charge in [0.05, 0.1) is 0 Å². The summed E-state index contributed by atoms with van der Waals surface area (Å²) in [6, 6.07) is 2.99. The molecule has 0 aliphatic rings. The minimum Gasteiger partial charge on any atom is -0.372 e. The molecule has 0 bridgehead atoms. The van der Waals surface area contributed by atoms with Crippen LogP contribution in [0.4, 0.5) is 5.82 Å². The Labute approximate surface area is 112 Å². The highest BCUT2D eigenvalue weighted by Gasteiger charge is 2.18. The van der Waals surface area contributed by atoms with Crippen molar-refractivity contribution in [1.82, 2.24) is 15.0 Å². The Morgan fingerprint density at radius 3 is 2.79 bits per heavy atom. The summed E-state index contributed by atoms with van der Waals surface area (Å²) in [5.74, 6) is 0.0817. The zero-order chi connectivity index (χ0) is 14.3. The van der Waals surface area contributed by atoms with Gasteiger partial charge in [-0.15, -0.1) is 0 Å². The summed E-state index contributed by atoms with van der Waals surface area (Å²) in [5, 5.41) is 5.31. The first kappa shape index (κ1) is 15.4. The predicted octanol–water partition coefficient (Wildman–Crippen LogP) is -0.0722. The van der Waals surface area contributed by atoms with Crippen molar-refractivity contribution in [2.45, 2.75) is 18.2 Å². The number of rotatable bonds is 7. The molecule has 0 saturated heterocycles. The number of carbonyl (C=O) groups is 1. The lowest BCUT2D eigenvalue weighted by atomic mass is 10.4. The summed E-state index contributed by atoms with van der Waals surface area (Å²) in [7, 11) is -2.08. The number of carbonyl (C=O) groups excluding carboxylic acids is 1. The van der Waals surface area contributed by atoms with Crippen LogP contribution in [0.3, 0.4) is 0 Å². The topological polar surface area (TPSA) is 100 Å². The van der Waals surface area contributed by atoms with Gasteiger partial charge in [-0.25, -0.2) is 18.1 Å². The predicted molar refractivity (Wildman–Crippen MR) is 72.3 cm³/mol. The molecule has 0 spiro atoms. The van der Waals surface area contributed by atoms with E-state index in [-0.39, 0.29) is 29.6 Å². The van der Waals surface area contributed by atoms with Gasteiger partial charge in [-0.05, 0) is 19.1 Å². The molecule has 0 aliphatic heterocycles. The van der Waals surface area contributed by atoms with Crippen molar-refractivity contribution >= 4 is 21.7 Å². The van der Waals surface area contributed by atoms with Crippen LogP contribution in [0.2, 0.25) is 0 Å². The van der Waals surface area contributed by atoms with Crippen LogP contribution in [0.15, 0.2) is 23.2 Å². The summed E-state index contributed by atoms with van der Waals surface area (Å²) in [6.07, 6.45) is 1.60. The van der Waals surface area contributed by atoms with Crippen molar-refractivity contribution in [3.05, 3.63) is 18.3 Å². The number of nitrogens with one attached hydrogen (secondary N) is 3. The normalized spacial score (nSPS) is 11.1. The average Bonchev–Trinajstić information content (AvgIpc) is 2.38. The minimum absolute atomic E-state index is 0.0478. The molecule has 3 N–H and O–H groups in total.